The zero-order valence-electron chi connectivity index (χ0n) is 11.8. The average Bonchev–Trinajstić information content (AvgIpc) is 2.56. The first-order chi connectivity index (χ1) is 10.6. The number of rotatable bonds is 4. The third-order valence-electron chi connectivity index (χ3n) is 2.70. The van der Waals surface area contributed by atoms with E-state index in [1.54, 1.807) is 43.5 Å². The van der Waals surface area contributed by atoms with Crippen LogP contribution in [-0.4, -0.2) is 25.7 Å². The second kappa shape index (κ2) is 9.24. The van der Waals surface area contributed by atoms with Gasteiger partial charge >= 0.3 is 7.83 Å². The van der Waals surface area contributed by atoms with E-state index in [1.165, 1.54) is 6.20 Å². The number of ketones is 1. The monoisotopic (exact) mass is 301 g/mol. The van der Waals surface area contributed by atoms with E-state index in [9.17, 15) is 13.4 Å². The molecular formula is C15H12BF2N2O2. The van der Waals surface area contributed by atoms with Crippen LogP contribution >= 0.6 is 0 Å². The molecule has 0 aliphatic heterocycles. The summed E-state index contributed by atoms with van der Waals surface area (Å²) in [6, 6.07) is 12.2. The van der Waals surface area contributed by atoms with Crippen molar-refractivity contribution in [2.75, 3.05) is 7.11 Å². The second-order valence-corrected chi connectivity index (χ2v) is 4.06. The molecule has 0 spiro atoms. The number of benzene rings is 1. The minimum Gasteiger partial charge on any atom is -0.497 e. The van der Waals surface area contributed by atoms with Gasteiger partial charge in [-0.25, -0.2) is 0 Å². The summed E-state index contributed by atoms with van der Waals surface area (Å²) in [6.45, 7) is 0. The van der Waals surface area contributed by atoms with Gasteiger partial charge in [0.2, 0.25) is 0 Å². The topological polar surface area (TPSA) is 63.0 Å². The van der Waals surface area contributed by atoms with E-state index < -0.39 is 7.83 Å². The van der Waals surface area contributed by atoms with Crippen LogP contribution in [0.2, 0.25) is 0 Å². The third-order valence-corrected chi connectivity index (χ3v) is 2.70. The van der Waals surface area contributed by atoms with E-state index in [0.717, 1.165) is 0 Å². The number of ether oxygens (including phenoxy) is 1. The van der Waals surface area contributed by atoms with Crippen molar-refractivity contribution in [1.29, 1.82) is 5.26 Å². The Hall–Kier alpha value is -2.75. The highest BCUT2D eigenvalue weighted by Crippen LogP contribution is 2.13. The summed E-state index contributed by atoms with van der Waals surface area (Å²) in [4.78, 5) is 16.1. The lowest BCUT2D eigenvalue weighted by Crippen LogP contribution is -2.05. The fourth-order valence-corrected chi connectivity index (χ4v) is 1.69. The Morgan fingerprint density at radius 1 is 1.32 bits per heavy atom. The van der Waals surface area contributed by atoms with Crippen LogP contribution in [0.1, 0.15) is 21.6 Å². The molecule has 1 aromatic heterocycles. The maximum atomic E-state index is 12.0. The molecule has 0 bridgehead atoms. The zero-order chi connectivity index (χ0) is 16.4. The normalized spacial score (nSPS) is 9.00. The van der Waals surface area contributed by atoms with Gasteiger partial charge in [-0.3, -0.25) is 18.4 Å². The van der Waals surface area contributed by atoms with Crippen molar-refractivity contribution in [2.45, 2.75) is 6.42 Å². The van der Waals surface area contributed by atoms with Crippen LogP contribution in [0.4, 0.5) is 8.63 Å². The second-order valence-electron chi connectivity index (χ2n) is 4.06. The van der Waals surface area contributed by atoms with Crippen molar-refractivity contribution < 1.29 is 18.2 Å². The van der Waals surface area contributed by atoms with Gasteiger partial charge in [-0.05, 0) is 36.4 Å². The number of carbonyl (C=O) groups excluding carboxylic acids is 1. The van der Waals surface area contributed by atoms with Gasteiger partial charge in [0.05, 0.1) is 25.2 Å². The van der Waals surface area contributed by atoms with Gasteiger partial charge in [0, 0.05) is 17.5 Å². The molecule has 0 amide bonds. The molecule has 1 heterocycles. The standard InChI is InChI=1S/C15H12N2O2.BF2/c1-19-14-4-2-12(3-5-14)15(18)9-13-8-11(10-16)6-7-17-13;2-1-3/h2-8H,9H2,1H3;. The largest absolute Gasteiger partial charge is 0.577 e. The molecule has 0 unspecified atom stereocenters. The van der Waals surface area contributed by atoms with E-state index >= 15 is 0 Å². The number of pyridine rings is 1. The lowest BCUT2D eigenvalue weighted by Gasteiger charge is -2.03. The molecular weight excluding hydrogens is 289 g/mol. The zero-order valence-corrected chi connectivity index (χ0v) is 11.8. The predicted molar refractivity (Wildman–Crippen MR) is 78.0 cm³/mol. The van der Waals surface area contributed by atoms with Crippen molar-refractivity contribution in [1.82, 2.24) is 4.98 Å². The summed E-state index contributed by atoms with van der Waals surface area (Å²) in [7, 11) is 0.578. The third kappa shape index (κ3) is 5.33. The molecule has 0 fully saturated rings. The summed E-state index contributed by atoms with van der Waals surface area (Å²) in [5.74, 6) is 0.673. The number of Topliss-reactive ketones (excluding diaryl/α,β-unsaturated/α-hetero) is 1. The van der Waals surface area contributed by atoms with Crippen LogP contribution in [0, 0.1) is 11.3 Å². The van der Waals surface area contributed by atoms with Crippen LogP contribution in [0.3, 0.4) is 0 Å². The van der Waals surface area contributed by atoms with E-state index in [1.807, 2.05) is 6.07 Å². The highest BCUT2D eigenvalue weighted by molar-refractivity contribution is 6.15. The summed E-state index contributed by atoms with van der Waals surface area (Å²) in [5.41, 5.74) is 1.71. The Morgan fingerprint density at radius 3 is 2.50 bits per heavy atom. The maximum Gasteiger partial charge on any atom is 0.577 e. The highest BCUT2D eigenvalue weighted by Gasteiger charge is 2.08. The predicted octanol–water partition coefficient (Wildman–Crippen LogP) is 2.85. The Labute approximate surface area is 127 Å². The highest BCUT2D eigenvalue weighted by atomic mass is 19.2. The fourth-order valence-electron chi connectivity index (χ4n) is 1.69. The molecule has 4 nitrogen and oxygen atoms in total. The molecule has 0 atom stereocenters. The molecule has 0 saturated carbocycles. The number of nitriles is 1. The number of aromatic nitrogens is 1. The van der Waals surface area contributed by atoms with E-state index in [0.29, 0.717) is 22.6 Å². The maximum absolute atomic E-state index is 12.0. The molecule has 0 aliphatic rings. The molecule has 2 rings (SSSR count). The van der Waals surface area contributed by atoms with Gasteiger partial charge in [-0.2, -0.15) is 5.26 Å². The van der Waals surface area contributed by atoms with Gasteiger partial charge in [-0.1, -0.05) is 0 Å². The first-order valence-electron chi connectivity index (χ1n) is 6.19. The number of hydrogen-bond donors (Lipinski definition) is 0. The van der Waals surface area contributed by atoms with Gasteiger partial charge in [0.25, 0.3) is 0 Å². The van der Waals surface area contributed by atoms with Crippen molar-refractivity contribution in [3.63, 3.8) is 0 Å². The molecule has 0 N–H and O–H groups in total. The van der Waals surface area contributed by atoms with Gasteiger partial charge < -0.3 is 4.74 Å². The Bertz CT molecular complexity index is 657. The van der Waals surface area contributed by atoms with Crippen molar-refractivity contribution in [2.24, 2.45) is 0 Å². The molecule has 7 heteroatoms. The first kappa shape index (κ1) is 17.3. The van der Waals surface area contributed by atoms with E-state index in [2.05, 4.69) is 4.98 Å². The minimum absolute atomic E-state index is 0.0368. The van der Waals surface area contributed by atoms with Crippen molar-refractivity contribution >= 4 is 13.6 Å². The van der Waals surface area contributed by atoms with E-state index in [4.69, 9.17) is 10.00 Å². The Morgan fingerprint density at radius 2 is 1.95 bits per heavy atom. The molecule has 0 saturated heterocycles. The number of nitrogens with zero attached hydrogens (tertiary/aromatic N) is 2. The van der Waals surface area contributed by atoms with Crippen LogP contribution in [0.5, 0.6) is 5.75 Å². The van der Waals surface area contributed by atoms with Crippen LogP contribution in [0.25, 0.3) is 0 Å². The number of halogens is 2. The molecule has 2 aromatic rings. The molecule has 22 heavy (non-hydrogen) atoms. The average molecular weight is 301 g/mol. The van der Waals surface area contributed by atoms with Gasteiger partial charge in [0.1, 0.15) is 5.75 Å². The number of hydrogen-bond acceptors (Lipinski definition) is 4. The van der Waals surface area contributed by atoms with Crippen LogP contribution in [-0.2, 0) is 6.42 Å². The van der Waals surface area contributed by atoms with Crippen LogP contribution in [0.15, 0.2) is 42.6 Å². The minimum atomic E-state index is -1.00. The summed E-state index contributed by atoms with van der Waals surface area (Å²) < 4.78 is 24.0. The first-order valence-corrected chi connectivity index (χ1v) is 6.19. The number of methoxy groups -OCH3 is 1. The summed E-state index contributed by atoms with van der Waals surface area (Å²) in [6.07, 6.45) is 1.72. The van der Waals surface area contributed by atoms with Gasteiger partial charge in [0.15, 0.2) is 5.78 Å². The molecule has 0 aliphatic carbocycles. The lowest BCUT2D eigenvalue weighted by molar-refractivity contribution is 0.0992. The quantitative estimate of drug-likeness (QED) is 0.643. The van der Waals surface area contributed by atoms with E-state index in [-0.39, 0.29) is 12.2 Å². The lowest BCUT2D eigenvalue weighted by atomic mass is 10.1. The van der Waals surface area contributed by atoms with Crippen molar-refractivity contribution in [3.05, 3.63) is 59.4 Å². The fraction of sp³-hybridized carbons (Fsp3) is 0.133. The Kier molecular flexibility index (Phi) is 7.27. The Balaban J connectivity index is 0.000000745. The molecule has 111 valence electrons. The molecule has 1 aromatic carbocycles. The smallest absolute Gasteiger partial charge is 0.497 e. The van der Waals surface area contributed by atoms with Gasteiger partial charge in [-0.15, -0.1) is 0 Å². The van der Waals surface area contributed by atoms with Crippen molar-refractivity contribution in [3.8, 4) is 11.8 Å². The summed E-state index contributed by atoms with van der Waals surface area (Å²) >= 11 is 0. The van der Waals surface area contributed by atoms with Crippen LogP contribution < -0.4 is 4.74 Å². The summed E-state index contributed by atoms with van der Waals surface area (Å²) in [5, 5.41) is 8.79. The SMILES string of the molecule is COc1ccc(C(=O)Cc2cc(C#N)ccn2)cc1.F[B]F. The molecule has 1 radical (unpaired) electrons. The number of carbonyl (C=O) groups is 1.